The van der Waals surface area contributed by atoms with Gasteiger partial charge in [0.05, 0.1) is 12.5 Å². The molecule has 0 aromatic rings. The Bertz CT molecular complexity index is 169. The summed E-state index contributed by atoms with van der Waals surface area (Å²) in [5.74, 6) is 0. The van der Waals surface area contributed by atoms with E-state index in [4.69, 9.17) is 5.11 Å². The van der Waals surface area contributed by atoms with Crippen LogP contribution in [0.25, 0.3) is 0 Å². The number of alkyl halides is 3. The van der Waals surface area contributed by atoms with E-state index in [1.807, 2.05) is 0 Å². The molecule has 0 radical (unpaired) electrons. The summed E-state index contributed by atoms with van der Waals surface area (Å²) in [6, 6.07) is 0. The summed E-state index contributed by atoms with van der Waals surface area (Å²) >= 11 is 0. The van der Waals surface area contributed by atoms with E-state index in [1.165, 1.54) is 25.7 Å². The van der Waals surface area contributed by atoms with Gasteiger partial charge in [0, 0.05) is 0 Å². The van der Waals surface area contributed by atoms with E-state index in [9.17, 15) is 13.2 Å². The van der Waals surface area contributed by atoms with Gasteiger partial charge in [-0.1, -0.05) is 58.3 Å². The lowest BCUT2D eigenvalue weighted by molar-refractivity contribution is -0.154. The number of halogens is 3. The van der Waals surface area contributed by atoms with Crippen molar-refractivity contribution in [1.82, 2.24) is 0 Å². The average molecular weight is 254 g/mol. The lowest BCUT2D eigenvalue weighted by Crippen LogP contribution is -2.19. The van der Waals surface area contributed by atoms with Crippen LogP contribution in [0.2, 0.25) is 0 Å². The molecule has 104 valence electrons. The Kier molecular flexibility index (Phi) is 9.60. The molecule has 0 fully saturated rings. The second-order valence-corrected chi connectivity index (χ2v) is 4.74. The van der Waals surface area contributed by atoms with Gasteiger partial charge < -0.3 is 5.11 Å². The van der Waals surface area contributed by atoms with Gasteiger partial charge in [0.25, 0.3) is 0 Å². The minimum absolute atomic E-state index is 0.272. The van der Waals surface area contributed by atoms with E-state index in [0.717, 1.165) is 19.3 Å². The molecular weight excluding hydrogens is 229 g/mol. The molecule has 0 aliphatic rings. The zero-order chi connectivity index (χ0) is 13.1. The summed E-state index contributed by atoms with van der Waals surface area (Å²) in [5, 5.41) is 9.14. The number of hydrogen-bond donors (Lipinski definition) is 1. The van der Waals surface area contributed by atoms with Crippen LogP contribution in [-0.4, -0.2) is 17.4 Å². The third-order valence-corrected chi connectivity index (χ3v) is 2.86. The van der Waals surface area contributed by atoms with Crippen molar-refractivity contribution in [3.8, 4) is 0 Å². The fourth-order valence-corrected chi connectivity index (χ4v) is 1.88. The molecule has 0 saturated heterocycles. The van der Waals surface area contributed by atoms with Crippen molar-refractivity contribution in [3.63, 3.8) is 0 Å². The second-order valence-electron chi connectivity index (χ2n) is 4.74. The van der Waals surface area contributed by atoms with Gasteiger partial charge in [-0.2, -0.15) is 13.2 Å². The monoisotopic (exact) mass is 254 g/mol. The van der Waals surface area contributed by atoms with E-state index < -0.39 is 18.7 Å². The molecule has 4 heteroatoms. The zero-order valence-electron chi connectivity index (χ0n) is 10.7. The first-order valence-electron chi connectivity index (χ1n) is 6.70. The maximum Gasteiger partial charge on any atom is 0.391 e. The Morgan fingerprint density at radius 2 is 1.35 bits per heavy atom. The Balaban J connectivity index is 3.22. The van der Waals surface area contributed by atoms with Gasteiger partial charge in [-0.15, -0.1) is 0 Å². The topological polar surface area (TPSA) is 20.2 Å². The normalized spacial score (nSPS) is 13.9. The molecule has 0 amide bonds. The Morgan fingerprint density at radius 1 is 0.882 bits per heavy atom. The summed E-state index contributed by atoms with van der Waals surface area (Å²) in [6.45, 7) is 2.17. The van der Waals surface area contributed by atoms with Gasteiger partial charge in [0.1, 0.15) is 0 Å². The molecule has 0 aromatic heterocycles. The molecular formula is C13H25F3O. The molecule has 0 spiro atoms. The Hall–Kier alpha value is -0.250. The van der Waals surface area contributed by atoms with Crippen molar-refractivity contribution >= 4 is 0 Å². The third kappa shape index (κ3) is 13.7. The minimum Gasteiger partial charge on any atom is -0.393 e. The van der Waals surface area contributed by atoms with Gasteiger partial charge >= 0.3 is 6.18 Å². The predicted octanol–water partition coefficient (Wildman–Crippen LogP) is 4.83. The van der Waals surface area contributed by atoms with Gasteiger partial charge in [-0.25, -0.2) is 0 Å². The van der Waals surface area contributed by atoms with Crippen molar-refractivity contribution in [2.75, 3.05) is 0 Å². The van der Waals surface area contributed by atoms with Crippen molar-refractivity contribution < 1.29 is 18.3 Å². The van der Waals surface area contributed by atoms with Crippen LogP contribution in [0.3, 0.4) is 0 Å². The summed E-state index contributed by atoms with van der Waals surface area (Å²) in [4.78, 5) is 0. The van der Waals surface area contributed by atoms with Crippen LogP contribution in [0, 0.1) is 0 Å². The first kappa shape index (κ1) is 16.8. The van der Waals surface area contributed by atoms with E-state index in [1.54, 1.807) is 0 Å². The molecule has 0 aliphatic heterocycles. The highest BCUT2D eigenvalue weighted by atomic mass is 19.4. The first-order valence-corrected chi connectivity index (χ1v) is 6.70. The van der Waals surface area contributed by atoms with Crippen molar-refractivity contribution in [2.45, 2.75) is 83.4 Å². The molecule has 0 aromatic carbocycles. The highest BCUT2D eigenvalue weighted by molar-refractivity contribution is 4.62. The van der Waals surface area contributed by atoms with E-state index in [0.29, 0.717) is 6.42 Å². The summed E-state index contributed by atoms with van der Waals surface area (Å²) < 4.78 is 35.7. The van der Waals surface area contributed by atoms with Gasteiger partial charge in [-0.3, -0.25) is 0 Å². The lowest BCUT2D eigenvalue weighted by atomic mass is 10.0. The number of rotatable bonds is 10. The maximum absolute atomic E-state index is 11.9. The van der Waals surface area contributed by atoms with Crippen molar-refractivity contribution in [2.24, 2.45) is 0 Å². The quantitative estimate of drug-likeness (QED) is 0.553. The standard InChI is InChI=1S/C13H25F3O/c1-2-3-4-5-6-7-8-9-10-12(17)11-13(14,15)16/h12,17H,2-11H2,1H3. The van der Waals surface area contributed by atoms with Crippen LogP contribution in [0.1, 0.15) is 71.1 Å². The Labute approximate surface area is 102 Å². The smallest absolute Gasteiger partial charge is 0.391 e. The summed E-state index contributed by atoms with van der Waals surface area (Å²) in [6.07, 6.45) is 2.59. The van der Waals surface area contributed by atoms with E-state index >= 15 is 0 Å². The molecule has 17 heavy (non-hydrogen) atoms. The van der Waals surface area contributed by atoms with Crippen molar-refractivity contribution in [3.05, 3.63) is 0 Å². The average Bonchev–Trinajstić information content (AvgIpc) is 2.19. The summed E-state index contributed by atoms with van der Waals surface area (Å²) in [7, 11) is 0. The van der Waals surface area contributed by atoms with Crippen LogP contribution < -0.4 is 0 Å². The zero-order valence-corrected chi connectivity index (χ0v) is 10.7. The predicted molar refractivity (Wildman–Crippen MR) is 63.9 cm³/mol. The molecule has 0 bridgehead atoms. The molecule has 0 aliphatic carbocycles. The fourth-order valence-electron chi connectivity index (χ4n) is 1.88. The molecule has 1 atom stereocenters. The number of aliphatic hydroxyl groups excluding tert-OH is 1. The van der Waals surface area contributed by atoms with Crippen LogP contribution in [-0.2, 0) is 0 Å². The lowest BCUT2D eigenvalue weighted by Gasteiger charge is -2.12. The Morgan fingerprint density at radius 3 is 1.82 bits per heavy atom. The van der Waals surface area contributed by atoms with Crippen molar-refractivity contribution in [1.29, 1.82) is 0 Å². The third-order valence-electron chi connectivity index (χ3n) is 2.86. The van der Waals surface area contributed by atoms with Gasteiger partial charge in [0.2, 0.25) is 0 Å². The van der Waals surface area contributed by atoms with Crippen LogP contribution in [0.5, 0.6) is 0 Å². The number of aliphatic hydroxyl groups is 1. The SMILES string of the molecule is CCCCCCCCCCC(O)CC(F)(F)F. The molecule has 0 rings (SSSR count). The minimum atomic E-state index is -4.24. The van der Waals surface area contributed by atoms with E-state index in [2.05, 4.69) is 6.92 Å². The highest BCUT2D eigenvalue weighted by Crippen LogP contribution is 2.23. The fraction of sp³-hybridized carbons (Fsp3) is 1.00. The van der Waals surface area contributed by atoms with E-state index in [-0.39, 0.29) is 6.42 Å². The van der Waals surface area contributed by atoms with Gasteiger partial charge in [-0.05, 0) is 6.42 Å². The van der Waals surface area contributed by atoms with Crippen LogP contribution in [0.4, 0.5) is 13.2 Å². The molecule has 1 unspecified atom stereocenters. The first-order chi connectivity index (χ1) is 7.95. The molecule has 1 N–H and O–H groups in total. The second kappa shape index (κ2) is 9.75. The highest BCUT2D eigenvalue weighted by Gasteiger charge is 2.30. The maximum atomic E-state index is 11.9. The molecule has 1 nitrogen and oxygen atoms in total. The largest absolute Gasteiger partial charge is 0.393 e. The number of hydrogen-bond acceptors (Lipinski definition) is 1. The molecule has 0 heterocycles. The molecule has 0 saturated carbocycles. The van der Waals surface area contributed by atoms with Gasteiger partial charge in [0.15, 0.2) is 0 Å². The summed E-state index contributed by atoms with van der Waals surface area (Å²) in [5.41, 5.74) is 0. The van der Waals surface area contributed by atoms with Crippen LogP contribution in [0.15, 0.2) is 0 Å². The number of unbranched alkanes of at least 4 members (excludes halogenated alkanes) is 7. The van der Waals surface area contributed by atoms with Crippen LogP contribution >= 0.6 is 0 Å².